The SMILES string of the molecule is CC(=O)OC1C(=O)Nc2ccccc2N1S(=O)(=O)c1ccc(Cl)c(Cl)c1. The van der Waals surface area contributed by atoms with Crippen LogP contribution in [0.1, 0.15) is 6.92 Å². The summed E-state index contributed by atoms with van der Waals surface area (Å²) in [5.74, 6) is -1.60. The molecular formula is C16H12Cl2N2O5S. The van der Waals surface area contributed by atoms with Crippen LogP contribution in [0.5, 0.6) is 0 Å². The number of fused-ring (bicyclic) bond motifs is 1. The van der Waals surface area contributed by atoms with Gasteiger partial charge in [0.25, 0.3) is 22.2 Å². The van der Waals surface area contributed by atoms with Gasteiger partial charge in [-0.05, 0) is 30.3 Å². The second-order valence-electron chi connectivity index (χ2n) is 5.34. The Balaban J connectivity index is 2.20. The van der Waals surface area contributed by atoms with Gasteiger partial charge in [0.05, 0.1) is 26.3 Å². The maximum atomic E-state index is 13.2. The number of ether oxygens (including phenoxy) is 1. The maximum Gasteiger partial charge on any atom is 0.305 e. The molecule has 3 rings (SSSR count). The summed E-state index contributed by atoms with van der Waals surface area (Å²) in [6.07, 6.45) is -1.69. The third-order valence-electron chi connectivity index (χ3n) is 3.56. The van der Waals surface area contributed by atoms with Crippen molar-refractivity contribution in [3.05, 3.63) is 52.5 Å². The maximum absolute atomic E-state index is 13.2. The molecule has 0 spiro atoms. The van der Waals surface area contributed by atoms with Crippen LogP contribution in [0.15, 0.2) is 47.4 Å². The number of carbonyl (C=O) groups is 2. The molecule has 2 aromatic carbocycles. The van der Waals surface area contributed by atoms with Crippen LogP contribution in [0, 0.1) is 0 Å². The minimum atomic E-state index is -4.29. The van der Waals surface area contributed by atoms with Crippen LogP contribution >= 0.6 is 23.2 Å². The first-order valence-electron chi connectivity index (χ1n) is 7.28. The molecule has 136 valence electrons. The van der Waals surface area contributed by atoms with Gasteiger partial charge in [0.2, 0.25) is 0 Å². The number of hydrogen-bond donors (Lipinski definition) is 1. The van der Waals surface area contributed by atoms with E-state index < -0.39 is 28.1 Å². The lowest BCUT2D eigenvalue weighted by atomic mass is 10.2. The number of anilines is 2. The van der Waals surface area contributed by atoms with Crippen molar-refractivity contribution in [2.45, 2.75) is 18.0 Å². The molecule has 1 amide bonds. The fourth-order valence-electron chi connectivity index (χ4n) is 2.46. The van der Waals surface area contributed by atoms with Crippen molar-refractivity contribution in [2.75, 3.05) is 9.62 Å². The second-order valence-corrected chi connectivity index (χ2v) is 7.97. The molecule has 10 heteroatoms. The normalized spacial score (nSPS) is 16.7. The first-order valence-corrected chi connectivity index (χ1v) is 9.48. The fraction of sp³-hybridized carbons (Fsp3) is 0.125. The van der Waals surface area contributed by atoms with Crippen molar-refractivity contribution in [3.63, 3.8) is 0 Å². The standard InChI is InChI=1S/C16H12Cl2N2O5S/c1-9(21)25-16-15(22)19-13-4-2-3-5-14(13)20(16)26(23,24)10-6-7-11(17)12(18)8-10/h2-8,16H,1H3,(H,19,22). The molecule has 7 nitrogen and oxygen atoms in total. The molecule has 0 saturated carbocycles. The molecule has 26 heavy (non-hydrogen) atoms. The van der Waals surface area contributed by atoms with Gasteiger partial charge in [-0.15, -0.1) is 0 Å². The van der Waals surface area contributed by atoms with Crippen LogP contribution in [0.3, 0.4) is 0 Å². The number of sulfonamides is 1. The molecular weight excluding hydrogens is 403 g/mol. The number of esters is 1. The summed E-state index contributed by atoms with van der Waals surface area (Å²) in [6, 6.07) is 10.00. The number of halogens is 2. The Bertz CT molecular complexity index is 1010. The number of nitrogens with one attached hydrogen (secondary N) is 1. The topological polar surface area (TPSA) is 92.8 Å². The zero-order chi connectivity index (χ0) is 19.1. The van der Waals surface area contributed by atoms with E-state index in [-0.39, 0.29) is 26.3 Å². The lowest BCUT2D eigenvalue weighted by molar-refractivity contribution is -0.151. The van der Waals surface area contributed by atoms with E-state index in [1.54, 1.807) is 12.1 Å². The largest absolute Gasteiger partial charge is 0.431 e. The second kappa shape index (κ2) is 6.79. The van der Waals surface area contributed by atoms with Crippen molar-refractivity contribution in [1.82, 2.24) is 0 Å². The highest BCUT2D eigenvalue weighted by atomic mass is 35.5. The number of hydrogen-bond acceptors (Lipinski definition) is 5. The summed E-state index contributed by atoms with van der Waals surface area (Å²) in [5, 5.41) is 2.73. The van der Waals surface area contributed by atoms with E-state index in [9.17, 15) is 18.0 Å². The molecule has 1 N–H and O–H groups in total. The Morgan fingerprint density at radius 1 is 1.15 bits per heavy atom. The summed E-state index contributed by atoms with van der Waals surface area (Å²) in [5.41, 5.74) is 0.425. The number of para-hydroxylation sites is 2. The van der Waals surface area contributed by atoms with E-state index in [0.29, 0.717) is 0 Å². The average molecular weight is 415 g/mol. The van der Waals surface area contributed by atoms with Gasteiger partial charge in [-0.25, -0.2) is 12.7 Å². The Hall–Kier alpha value is -2.29. The minimum absolute atomic E-state index is 0.0338. The molecule has 1 atom stereocenters. The van der Waals surface area contributed by atoms with Crippen LogP contribution in [0.25, 0.3) is 0 Å². The van der Waals surface area contributed by atoms with Crippen molar-refractivity contribution in [1.29, 1.82) is 0 Å². The summed E-state index contributed by atoms with van der Waals surface area (Å²) < 4.78 is 32.1. The third kappa shape index (κ3) is 3.23. The number of carbonyl (C=O) groups excluding carboxylic acids is 2. The number of benzene rings is 2. The van der Waals surface area contributed by atoms with Gasteiger partial charge in [0, 0.05) is 6.92 Å². The highest BCUT2D eigenvalue weighted by molar-refractivity contribution is 7.93. The van der Waals surface area contributed by atoms with Gasteiger partial charge in [0.1, 0.15) is 0 Å². The Morgan fingerprint density at radius 2 is 1.85 bits per heavy atom. The molecule has 0 aliphatic carbocycles. The molecule has 1 aliphatic heterocycles. The van der Waals surface area contributed by atoms with Crippen molar-refractivity contribution < 1.29 is 22.7 Å². The van der Waals surface area contributed by atoms with E-state index in [1.807, 2.05) is 0 Å². The van der Waals surface area contributed by atoms with E-state index in [1.165, 1.54) is 30.3 Å². The van der Waals surface area contributed by atoms with Crippen LogP contribution in [0.2, 0.25) is 10.0 Å². The van der Waals surface area contributed by atoms with Crippen molar-refractivity contribution >= 4 is 56.5 Å². The molecule has 0 radical (unpaired) electrons. The first-order chi connectivity index (χ1) is 12.2. The monoisotopic (exact) mass is 414 g/mol. The molecule has 1 aliphatic rings. The summed E-state index contributed by atoms with van der Waals surface area (Å²) >= 11 is 11.8. The molecule has 1 heterocycles. The predicted molar refractivity (Wildman–Crippen MR) is 96.8 cm³/mol. The molecule has 0 saturated heterocycles. The summed E-state index contributed by atoms with van der Waals surface area (Å²) in [4.78, 5) is 23.6. The van der Waals surface area contributed by atoms with Crippen molar-refractivity contribution in [2.24, 2.45) is 0 Å². The molecule has 1 unspecified atom stereocenters. The van der Waals surface area contributed by atoms with E-state index in [4.69, 9.17) is 27.9 Å². The van der Waals surface area contributed by atoms with Gasteiger partial charge < -0.3 is 10.1 Å². The van der Waals surface area contributed by atoms with E-state index in [0.717, 1.165) is 11.2 Å². The Kier molecular flexibility index (Phi) is 4.83. The number of rotatable bonds is 3. The van der Waals surface area contributed by atoms with Crippen LogP contribution < -0.4 is 9.62 Å². The highest BCUT2D eigenvalue weighted by Gasteiger charge is 2.43. The molecule has 0 bridgehead atoms. The highest BCUT2D eigenvalue weighted by Crippen LogP contribution is 2.37. The van der Waals surface area contributed by atoms with Crippen LogP contribution in [0.4, 0.5) is 11.4 Å². The first kappa shape index (κ1) is 18.5. The zero-order valence-electron chi connectivity index (χ0n) is 13.3. The minimum Gasteiger partial charge on any atom is -0.431 e. The molecule has 2 aromatic rings. The third-order valence-corrected chi connectivity index (χ3v) is 6.06. The van der Waals surface area contributed by atoms with Gasteiger partial charge in [-0.2, -0.15) is 0 Å². The summed E-state index contributed by atoms with van der Waals surface area (Å²) in [7, 11) is -4.29. The van der Waals surface area contributed by atoms with E-state index in [2.05, 4.69) is 5.32 Å². The molecule has 0 fully saturated rings. The lowest BCUT2D eigenvalue weighted by Gasteiger charge is -2.35. The zero-order valence-corrected chi connectivity index (χ0v) is 15.6. The fourth-order valence-corrected chi connectivity index (χ4v) is 4.37. The van der Waals surface area contributed by atoms with Gasteiger partial charge in [-0.3, -0.25) is 9.59 Å². The predicted octanol–water partition coefficient (Wildman–Crippen LogP) is 3.03. The lowest BCUT2D eigenvalue weighted by Crippen LogP contribution is -2.52. The van der Waals surface area contributed by atoms with Crippen molar-refractivity contribution in [3.8, 4) is 0 Å². The van der Waals surface area contributed by atoms with Crippen LogP contribution in [-0.2, 0) is 24.3 Å². The smallest absolute Gasteiger partial charge is 0.305 e. The number of nitrogens with zero attached hydrogens (tertiary/aromatic N) is 1. The summed E-state index contributed by atoms with van der Waals surface area (Å²) in [6.45, 7) is 1.08. The quantitative estimate of drug-likeness (QED) is 0.778. The van der Waals surface area contributed by atoms with E-state index >= 15 is 0 Å². The van der Waals surface area contributed by atoms with Crippen LogP contribution in [-0.4, -0.2) is 26.5 Å². The van der Waals surface area contributed by atoms with Gasteiger partial charge in [0.15, 0.2) is 0 Å². The number of amides is 1. The Morgan fingerprint density at radius 3 is 2.50 bits per heavy atom. The molecule has 0 aromatic heterocycles. The Labute approximate surface area is 159 Å². The average Bonchev–Trinajstić information content (AvgIpc) is 2.57. The van der Waals surface area contributed by atoms with Gasteiger partial charge >= 0.3 is 5.97 Å². The van der Waals surface area contributed by atoms with Gasteiger partial charge in [-0.1, -0.05) is 35.3 Å².